The van der Waals surface area contributed by atoms with E-state index in [1.165, 1.54) is 33.5 Å². The van der Waals surface area contributed by atoms with E-state index in [9.17, 15) is 14.7 Å². The van der Waals surface area contributed by atoms with E-state index >= 15 is 0 Å². The Kier molecular flexibility index (Phi) is 4.01. The smallest absolute Gasteiger partial charge is 0.327 e. The van der Waals surface area contributed by atoms with E-state index in [4.69, 9.17) is 0 Å². The van der Waals surface area contributed by atoms with Crippen molar-refractivity contribution in [2.45, 2.75) is 44.5 Å². The van der Waals surface area contributed by atoms with Crippen molar-refractivity contribution in [3.63, 3.8) is 0 Å². The molecule has 1 amide bonds. The van der Waals surface area contributed by atoms with E-state index < -0.39 is 12.0 Å². The van der Waals surface area contributed by atoms with Crippen molar-refractivity contribution in [1.29, 1.82) is 0 Å². The van der Waals surface area contributed by atoms with Crippen molar-refractivity contribution in [2.75, 3.05) is 5.75 Å². The van der Waals surface area contributed by atoms with Crippen LogP contribution in [0.25, 0.3) is 0 Å². The van der Waals surface area contributed by atoms with Gasteiger partial charge >= 0.3 is 5.97 Å². The maximum Gasteiger partial charge on any atom is 0.327 e. The maximum atomic E-state index is 12.7. The quantitative estimate of drug-likeness (QED) is 0.908. The first-order valence-corrected chi connectivity index (χ1v) is 9.12. The van der Waals surface area contributed by atoms with Crippen LogP contribution in [0, 0.1) is 5.92 Å². The fourth-order valence-electron chi connectivity index (χ4n) is 3.08. The van der Waals surface area contributed by atoms with Crippen molar-refractivity contribution in [3.8, 4) is 0 Å². The highest BCUT2D eigenvalue weighted by Gasteiger charge is 2.40. The minimum absolute atomic E-state index is 0.0725. The molecule has 1 aromatic heterocycles. The number of nitrogens with zero attached hydrogens (tertiary/aromatic N) is 1. The van der Waals surface area contributed by atoms with E-state index in [1.807, 2.05) is 13.0 Å². The van der Waals surface area contributed by atoms with E-state index in [-0.39, 0.29) is 11.3 Å². The molecule has 2 heterocycles. The number of aryl methyl sites for hydroxylation is 1. The fourth-order valence-corrected chi connectivity index (χ4v) is 5.40. The Morgan fingerprint density at radius 2 is 2.14 bits per heavy atom. The van der Waals surface area contributed by atoms with Gasteiger partial charge in [0.2, 0.25) is 0 Å². The fraction of sp³-hybridized carbons (Fsp3) is 0.600. The standard InChI is InChI=1S/C15H19NO3S2/c1-8-3-4-12-10(5-8)6-13(21-12)14(17)16-9(2)20-7-11(16)15(18)19/h6,8-9,11H,3-5,7H2,1-2H3,(H,18,19). The lowest BCUT2D eigenvalue weighted by Crippen LogP contribution is -2.44. The third-order valence-corrected chi connectivity index (χ3v) is 6.73. The largest absolute Gasteiger partial charge is 0.480 e. The van der Waals surface area contributed by atoms with Gasteiger partial charge in [-0.05, 0) is 43.7 Å². The van der Waals surface area contributed by atoms with Crippen molar-refractivity contribution in [3.05, 3.63) is 21.4 Å². The van der Waals surface area contributed by atoms with Gasteiger partial charge in [0.25, 0.3) is 5.91 Å². The molecule has 4 nitrogen and oxygen atoms in total. The minimum Gasteiger partial charge on any atom is -0.480 e. The van der Waals surface area contributed by atoms with Crippen LogP contribution in [0.4, 0.5) is 0 Å². The maximum absolute atomic E-state index is 12.7. The van der Waals surface area contributed by atoms with Crippen LogP contribution in [0.5, 0.6) is 0 Å². The van der Waals surface area contributed by atoms with E-state index in [1.54, 1.807) is 11.3 Å². The minimum atomic E-state index is -0.907. The number of carbonyl (C=O) groups excluding carboxylic acids is 1. The summed E-state index contributed by atoms with van der Waals surface area (Å²) in [5, 5.41) is 9.22. The number of carboxylic acids is 1. The molecule has 3 atom stereocenters. The molecule has 0 aromatic carbocycles. The van der Waals surface area contributed by atoms with Crippen LogP contribution in [-0.2, 0) is 17.6 Å². The highest BCUT2D eigenvalue weighted by Crippen LogP contribution is 2.36. The summed E-state index contributed by atoms with van der Waals surface area (Å²) in [5.74, 6) is 0.120. The lowest BCUT2D eigenvalue weighted by atomic mass is 9.90. The zero-order valence-electron chi connectivity index (χ0n) is 12.2. The second kappa shape index (κ2) is 5.65. The van der Waals surface area contributed by atoms with Gasteiger partial charge in [0.05, 0.1) is 10.3 Å². The van der Waals surface area contributed by atoms with Crippen molar-refractivity contribution in [2.24, 2.45) is 5.92 Å². The van der Waals surface area contributed by atoms with Gasteiger partial charge in [-0.25, -0.2) is 4.79 Å². The highest BCUT2D eigenvalue weighted by molar-refractivity contribution is 8.00. The van der Waals surface area contributed by atoms with E-state index in [0.717, 1.165) is 12.8 Å². The molecule has 0 bridgehead atoms. The molecule has 6 heteroatoms. The van der Waals surface area contributed by atoms with Crippen LogP contribution < -0.4 is 0 Å². The third-order valence-electron chi connectivity index (χ3n) is 4.28. The second-order valence-electron chi connectivity index (χ2n) is 5.91. The first-order valence-electron chi connectivity index (χ1n) is 7.26. The topological polar surface area (TPSA) is 57.6 Å². The first kappa shape index (κ1) is 14.9. The van der Waals surface area contributed by atoms with Gasteiger partial charge in [-0.2, -0.15) is 0 Å². The molecule has 114 valence electrons. The number of carbonyl (C=O) groups is 2. The molecule has 2 aliphatic rings. The van der Waals surface area contributed by atoms with E-state index in [0.29, 0.717) is 16.5 Å². The van der Waals surface area contributed by atoms with Gasteiger partial charge in [-0.3, -0.25) is 4.79 Å². The number of rotatable bonds is 2. The molecule has 0 spiro atoms. The molecule has 0 saturated carbocycles. The summed E-state index contributed by atoms with van der Waals surface area (Å²) in [6, 6.07) is 1.29. The molecule has 0 radical (unpaired) electrons. The average Bonchev–Trinajstić information content (AvgIpc) is 3.00. The van der Waals surface area contributed by atoms with Crippen molar-refractivity contribution >= 4 is 35.0 Å². The number of hydrogen-bond acceptors (Lipinski definition) is 4. The van der Waals surface area contributed by atoms with Crippen molar-refractivity contribution < 1.29 is 14.7 Å². The molecule has 21 heavy (non-hydrogen) atoms. The van der Waals surface area contributed by atoms with Crippen LogP contribution in [0.2, 0.25) is 0 Å². The van der Waals surface area contributed by atoms with Gasteiger partial charge in [0.1, 0.15) is 6.04 Å². The van der Waals surface area contributed by atoms with E-state index in [2.05, 4.69) is 6.92 Å². The zero-order chi connectivity index (χ0) is 15.1. The molecular formula is C15H19NO3S2. The van der Waals surface area contributed by atoms with Crippen LogP contribution >= 0.6 is 23.1 Å². The average molecular weight is 325 g/mol. The number of fused-ring (bicyclic) bond motifs is 1. The molecule has 1 aromatic rings. The second-order valence-corrected chi connectivity index (χ2v) is 8.39. The lowest BCUT2D eigenvalue weighted by Gasteiger charge is -2.24. The molecule has 3 unspecified atom stereocenters. The lowest BCUT2D eigenvalue weighted by molar-refractivity contribution is -0.141. The number of amides is 1. The number of carboxylic acid groups (broad SMARTS) is 1. The predicted octanol–water partition coefficient (Wildman–Crippen LogP) is 2.86. The predicted molar refractivity (Wildman–Crippen MR) is 85.0 cm³/mol. The highest BCUT2D eigenvalue weighted by atomic mass is 32.2. The Hall–Kier alpha value is -1.01. The number of aliphatic carboxylic acids is 1. The van der Waals surface area contributed by atoms with Crippen LogP contribution in [0.15, 0.2) is 6.07 Å². The normalized spacial score (nSPS) is 28.5. The van der Waals surface area contributed by atoms with Gasteiger partial charge in [-0.15, -0.1) is 23.1 Å². The molecule has 1 N–H and O–H groups in total. The monoisotopic (exact) mass is 325 g/mol. The summed E-state index contributed by atoms with van der Waals surface area (Å²) in [7, 11) is 0. The number of thioether (sulfide) groups is 1. The Bertz CT molecular complexity index is 583. The van der Waals surface area contributed by atoms with Gasteiger partial charge in [0.15, 0.2) is 0 Å². The Morgan fingerprint density at radius 3 is 2.86 bits per heavy atom. The third kappa shape index (κ3) is 2.71. The molecule has 1 aliphatic heterocycles. The van der Waals surface area contributed by atoms with Gasteiger partial charge in [-0.1, -0.05) is 6.92 Å². The van der Waals surface area contributed by atoms with Crippen LogP contribution in [0.1, 0.15) is 40.4 Å². The molecule has 1 fully saturated rings. The number of thiophene rings is 1. The Balaban J connectivity index is 1.86. The molecule has 1 saturated heterocycles. The van der Waals surface area contributed by atoms with Crippen molar-refractivity contribution in [1.82, 2.24) is 4.90 Å². The summed E-state index contributed by atoms with van der Waals surface area (Å²) in [4.78, 5) is 27.6. The van der Waals surface area contributed by atoms with Crippen LogP contribution in [0.3, 0.4) is 0 Å². The summed E-state index contributed by atoms with van der Waals surface area (Å²) in [5.41, 5.74) is 1.29. The summed E-state index contributed by atoms with van der Waals surface area (Å²) in [6.07, 6.45) is 3.25. The van der Waals surface area contributed by atoms with Gasteiger partial charge < -0.3 is 10.0 Å². The molecule has 3 rings (SSSR count). The number of hydrogen-bond donors (Lipinski definition) is 1. The Morgan fingerprint density at radius 1 is 1.38 bits per heavy atom. The molecule has 1 aliphatic carbocycles. The summed E-state index contributed by atoms with van der Waals surface area (Å²) < 4.78 is 0. The SMILES string of the molecule is CC1CCc2sc(C(=O)N3C(C)SCC3C(=O)O)cc2C1. The Labute approximate surface area is 132 Å². The first-order chi connectivity index (χ1) is 9.97. The summed E-state index contributed by atoms with van der Waals surface area (Å²) >= 11 is 3.08. The summed E-state index contributed by atoms with van der Waals surface area (Å²) in [6.45, 7) is 4.14. The van der Waals surface area contributed by atoms with Gasteiger partial charge in [0, 0.05) is 10.6 Å². The molecular weight excluding hydrogens is 306 g/mol. The van der Waals surface area contributed by atoms with Crippen LogP contribution in [-0.4, -0.2) is 39.1 Å². The zero-order valence-corrected chi connectivity index (χ0v) is 13.8.